The number of hydrogen-bond donors (Lipinski definition) is 2. The highest BCUT2D eigenvalue weighted by atomic mass is 32.1. The van der Waals surface area contributed by atoms with E-state index in [1.54, 1.807) is 17.7 Å². The van der Waals surface area contributed by atoms with Gasteiger partial charge in [-0.15, -0.1) is 11.3 Å². The molecule has 4 nitrogen and oxygen atoms in total. The van der Waals surface area contributed by atoms with Gasteiger partial charge in [0.25, 0.3) is 0 Å². The molecule has 0 spiro atoms. The van der Waals surface area contributed by atoms with Crippen molar-refractivity contribution in [2.24, 2.45) is 0 Å². The highest BCUT2D eigenvalue weighted by Crippen LogP contribution is 2.35. The molecule has 0 aromatic carbocycles. The van der Waals surface area contributed by atoms with Crippen LogP contribution in [0.15, 0.2) is 6.33 Å². The first kappa shape index (κ1) is 10.9. The fourth-order valence-corrected chi connectivity index (χ4v) is 3.39. The SMILES string of the molecule is CCCNc1ncnc2sc3c(c12)CCNC3. The van der Waals surface area contributed by atoms with Crippen LogP contribution in [0.2, 0.25) is 0 Å². The molecule has 0 saturated carbocycles. The molecule has 0 aliphatic carbocycles. The number of nitrogens with one attached hydrogen (secondary N) is 2. The van der Waals surface area contributed by atoms with E-state index in [0.29, 0.717) is 0 Å². The average molecular weight is 248 g/mol. The van der Waals surface area contributed by atoms with Crippen LogP contribution in [0.4, 0.5) is 5.82 Å². The molecule has 0 radical (unpaired) electrons. The zero-order valence-corrected chi connectivity index (χ0v) is 10.7. The van der Waals surface area contributed by atoms with Crippen LogP contribution in [0.5, 0.6) is 0 Å². The van der Waals surface area contributed by atoms with E-state index >= 15 is 0 Å². The van der Waals surface area contributed by atoms with Gasteiger partial charge >= 0.3 is 0 Å². The van der Waals surface area contributed by atoms with E-state index < -0.39 is 0 Å². The summed E-state index contributed by atoms with van der Waals surface area (Å²) in [6.45, 7) is 5.16. The molecule has 2 aromatic heterocycles. The Morgan fingerprint density at radius 3 is 3.29 bits per heavy atom. The number of rotatable bonds is 3. The average Bonchev–Trinajstić information content (AvgIpc) is 2.75. The molecule has 3 rings (SSSR count). The fraction of sp³-hybridized carbons (Fsp3) is 0.500. The Balaban J connectivity index is 2.12. The molecule has 0 amide bonds. The van der Waals surface area contributed by atoms with E-state index in [9.17, 15) is 0 Å². The van der Waals surface area contributed by atoms with E-state index in [4.69, 9.17) is 0 Å². The highest BCUT2D eigenvalue weighted by Gasteiger charge is 2.19. The van der Waals surface area contributed by atoms with Crippen LogP contribution in [0.3, 0.4) is 0 Å². The highest BCUT2D eigenvalue weighted by molar-refractivity contribution is 7.18. The standard InChI is InChI=1S/C12H16N4S/c1-2-4-14-11-10-8-3-5-13-6-9(8)17-12(10)16-7-15-11/h7,13H,2-6H2,1H3,(H,14,15,16). The molecule has 0 bridgehead atoms. The molecule has 0 unspecified atom stereocenters. The summed E-state index contributed by atoms with van der Waals surface area (Å²) in [6.07, 6.45) is 3.86. The summed E-state index contributed by atoms with van der Waals surface area (Å²) in [4.78, 5) is 11.3. The molecule has 17 heavy (non-hydrogen) atoms. The van der Waals surface area contributed by atoms with Crippen molar-refractivity contribution in [3.63, 3.8) is 0 Å². The molecular formula is C12H16N4S. The first-order valence-corrected chi connectivity index (χ1v) is 6.91. The van der Waals surface area contributed by atoms with Crippen LogP contribution in [-0.2, 0) is 13.0 Å². The molecule has 5 heteroatoms. The molecule has 1 aliphatic heterocycles. The van der Waals surface area contributed by atoms with Gasteiger partial charge in [0.1, 0.15) is 17.0 Å². The number of anilines is 1. The molecule has 2 aromatic rings. The van der Waals surface area contributed by atoms with Gasteiger partial charge in [0.2, 0.25) is 0 Å². The zero-order valence-electron chi connectivity index (χ0n) is 9.92. The summed E-state index contributed by atoms with van der Waals surface area (Å²) in [5.74, 6) is 1.01. The van der Waals surface area contributed by atoms with E-state index in [1.807, 2.05) is 0 Å². The van der Waals surface area contributed by atoms with Gasteiger partial charge in [-0.05, 0) is 24.9 Å². The Morgan fingerprint density at radius 2 is 2.41 bits per heavy atom. The summed E-state index contributed by atoms with van der Waals surface area (Å²) < 4.78 is 0. The smallest absolute Gasteiger partial charge is 0.138 e. The third-order valence-electron chi connectivity index (χ3n) is 3.05. The largest absolute Gasteiger partial charge is 0.369 e. The Kier molecular flexibility index (Phi) is 2.94. The Bertz CT molecular complexity index is 535. The number of aromatic nitrogens is 2. The predicted molar refractivity (Wildman–Crippen MR) is 71.6 cm³/mol. The van der Waals surface area contributed by atoms with Gasteiger partial charge in [0.15, 0.2) is 0 Å². The Morgan fingerprint density at radius 1 is 1.47 bits per heavy atom. The van der Waals surface area contributed by atoms with E-state index in [1.165, 1.54) is 15.8 Å². The molecule has 0 atom stereocenters. The van der Waals surface area contributed by atoms with Gasteiger partial charge in [-0.1, -0.05) is 6.92 Å². The van der Waals surface area contributed by atoms with Crippen molar-refractivity contribution in [2.45, 2.75) is 26.3 Å². The molecule has 1 aliphatic rings. The lowest BCUT2D eigenvalue weighted by Gasteiger charge is -2.13. The third kappa shape index (κ3) is 1.89. The molecule has 3 heterocycles. The first-order chi connectivity index (χ1) is 8.40. The predicted octanol–water partition coefficient (Wildman–Crippen LogP) is 2.16. The summed E-state index contributed by atoms with van der Waals surface area (Å²) in [5, 5.41) is 8.07. The van der Waals surface area contributed by atoms with Crippen LogP contribution in [0.1, 0.15) is 23.8 Å². The second-order valence-corrected chi connectivity index (χ2v) is 5.34. The minimum absolute atomic E-state index is 0.967. The normalized spacial score (nSPS) is 14.9. The van der Waals surface area contributed by atoms with Crippen molar-refractivity contribution in [3.05, 3.63) is 16.8 Å². The van der Waals surface area contributed by atoms with Gasteiger partial charge in [0, 0.05) is 18.0 Å². The quantitative estimate of drug-likeness (QED) is 0.874. The number of fused-ring (bicyclic) bond motifs is 3. The van der Waals surface area contributed by atoms with E-state index in [2.05, 4.69) is 27.5 Å². The lowest BCUT2D eigenvalue weighted by atomic mass is 10.1. The summed E-state index contributed by atoms with van der Waals surface area (Å²) in [6, 6.07) is 0. The maximum atomic E-state index is 4.39. The lowest BCUT2D eigenvalue weighted by Crippen LogP contribution is -2.22. The maximum absolute atomic E-state index is 4.39. The van der Waals surface area contributed by atoms with Crippen LogP contribution < -0.4 is 10.6 Å². The van der Waals surface area contributed by atoms with E-state index in [-0.39, 0.29) is 0 Å². The third-order valence-corrected chi connectivity index (χ3v) is 4.19. The Labute approximate surface area is 104 Å². The van der Waals surface area contributed by atoms with Gasteiger partial charge in [-0.25, -0.2) is 9.97 Å². The van der Waals surface area contributed by atoms with Crippen LogP contribution in [-0.4, -0.2) is 23.1 Å². The summed E-state index contributed by atoms with van der Waals surface area (Å²) >= 11 is 1.79. The van der Waals surface area contributed by atoms with Crippen LogP contribution >= 0.6 is 11.3 Å². The van der Waals surface area contributed by atoms with Gasteiger partial charge in [-0.3, -0.25) is 0 Å². The summed E-state index contributed by atoms with van der Waals surface area (Å²) in [7, 11) is 0. The number of thiophene rings is 1. The number of nitrogens with zero attached hydrogens (tertiary/aromatic N) is 2. The fourth-order valence-electron chi connectivity index (χ4n) is 2.24. The second kappa shape index (κ2) is 4.58. The second-order valence-electron chi connectivity index (χ2n) is 4.26. The van der Waals surface area contributed by atoms with Crippen molar-refractivity contribution >= 4 is 27.4 Å². The molecular weight excluding hydrogens is 232 g/mol. The summed E-state index contributed by atoms with van der Waals surface area (Å²) in [5.41, 5.74) is 1.45. The molecule has 0 saturated heterocycles. The van der Waals surface area contributed by atoms with Gasteiger partial charge in [-0.2, -0.15) is 0 Å². The monoisotopic (exact) mass is 248 g/mol. The van der Waals surface area contributed by atoms with E-state index in [0.717, 1.165) is 43.1 Å². The van der Waals surface area contributed by atoms with Crippen molar-refractivity contribution in [2.75, 3.05) is 18.4 Å². The van der Waals surface area contributed by atoms with Crippen molar-refractivity contribution in [1.29, 1.82) is 0 Å². The minimum atomic E-state index is 0.967. The maximum Gasteiger partial charge on any atom is 0.138 e. The first-order valence-electron chi connectivity index (χ1n) is 6.10. The van der Waals surface area contributed by atoms with Gasteiger partial charge < -0.3 is 10.6 Å². The Hall–Kier alpha value is -1.20. The van der Waals surface area contributed by atoms with Crippen molar-refractivity contribution in [3.8, 4) is 0 Å². The molecule has 0 fully saturated rings. The zero-order chi connectivity index (χ0) is 11.7. The minimum Gasteiger partial charge on any atom is -0.369 e. The van der Waals surface area contributed by atoms with Crippen molar-refractivity contribution < 1.29 is 0 Å². The molecule has 2 N–H and O–H groups in total. The van der Waals surface area contributed by atoms with Crippen LogP contribution in [0.25, 0.3) is 10.2 Å². The van der Waals surface area contributed by atoms with Gasteiger partial charge in [0.05, 0.1) is 5.39 Å². The number of hydrogen-bond acceptors (Lipinski definition) is 5. The van der Waals surface area contributed by atoms with Crippen LogP contribution in [0, 0.1) is 0 Å². The topological polar surface area (TPSA) is 49.8 Å². The van der Waals surface area contributed by atoms with Crippen molar-refractivity contribution in [1.82, 2.24) is 15.3 Å². The molecule has 90 valence electrons. The lowest BCUT2D eigenvalue weighted by molar-refractivity contribution is 0.657.